The van der Waals surface area contributed by atoms with E-state index in [4.69, 9.17) is 0 Å². The lowest BCUT2D eigenvalue weighted by Gasteiger charge is -2.10. The number of alkyl halides is 3. The summed E-state index contributed by atoms with van der Waals surface area (Å²) in [7, 11) is 0. The Balaban J connectivity index is 2.35. The molecule has 0 fully saturated rings. The van der Waals surface area contributed by atoms with Crippen LogP contribution in [0.1, 0.15) is 51.0 Å². The molecule has 0 aromatic heterocycles. The first kappa shape index (κ1) is 20.0. The van der Waals surface area contributed by atoms with Crippen LogP contribution in [0, 0.1) is 0 Å². The highest BCUT2D eigenvalue weighted by Gasteiger charge is 2.30. The smallest absolute Gasteiger partial charge is 0.348 e. The van der Waals surface area contributed by atoms with Gasteiger partial charge in [0.2, 0.25) is 0 Å². The number of benzene rings is 1. The molecule has 0 aliphatic rings. The molecule has 1 aromatic rings. The molecule has 0 saturated heterocycles. The molecule has 0 heterocycles. The van der Waals surface area contributed by atoms with Crippen molar-refractivity contribution in [3.63, 3.8) is 0 Å². The lowest BCUT2D eigenvalue weighted by Crippen LogP contribution is -2.35. The van der Waals surface area contributed by atoms with Gasteiger partial charge in [-0.3, -0.25) is 9.59 Å². The molecule has 2 N–H and O–H groups in total. The number of nitrogens with one attached hydrogen (secondary N) is 2. The molecule has 0 saturated carbocycles. The van der Waals surface area contributed by atoms with Crippen molar-refractivity contribution >= 4 is 17.5 Å². The van der Waals surface area contributed by atoms with Crippen LogP contribution in [-0.2, 0) is 15.8 Å². The van der Waals surface area contributed by atoms with E-state index < -0.39 is 23.6 Å². The van der Waals surface area contributed by atoms with Gasteiger partial charge in [-0.1, -0.05) is 45.1 Å². The average Bonchev–Trinajstić information content (AvgIpc) is 2.53. The van der Waals surface area contributed by atoms with Crippen molar-refractivity contribution < 1.29 is 22.8 Å². The number of hydrogen-bond donors (Lipinski definition) is 2. The SMILES string of the molecule is CCCCCCCCNC(=O)C(=O)Nc1cccc(C(F)(F)F)c1. The van der Waals surface area contributed by atoms with E-state index >= 15 is 0 Å². The van der Waals surface area contributed by atoms with E-state index in [9.17, 15) is 22.8 Å². The molecule has 1 aromatic carbocycles. The maximum Gasteiger partial charge on any atom is 0.416 e. The molecule has 0 bridgehead atoms. The number of anilines is 1. The number of unbranched alkanes of at least 4 members (excludes halogenated alkanes) is 5. The van der Waals surface area contributed by atoms with Gasteiger partial charge in [0.25, 0.3) is 0 Å². The fourth-order valence-corrected chi connectivity index (χ4v) is 2.15. The molecule has 7 heteroatoms. The summed E-state index contributed by atoms with van der Waals surface area (Å²) >= 11 is 0. The molecule has 24 heavy (non-hydrogen) atoms. The summed E-state index contributed by atoms with van der Waals surface area (Å²) < 4.78 is 37.8. The third kappa shape index (κ3) is 7.48. The first-order chi connectivity index (χ1) is 11.3. The fourth-order valence-electron chi connectivity index (χ4n) is 2.15. The van der Waals surface area contributed by atoms with Gasteiger partial charge in [0, 0.05) is 12.2 Å². The fraction of sp³-hybridized carbons (Fsp3) is 0.529. The Hall–Kier alpha value is -2.05. The van der Waals surface area contributed by atoms with E-state index in [1.807, 2.05) is 0 Å². The van der Waals surface area contributed by atoms with Gasteiger partial charge in [-0.15, -0.1) is 0 Å². The normalized spacial score (nSPS) is 11.2. The maximum atomic E-state index is 12.6. The molecule has 0 radical (unpaired) electrons. The lowest BCUT2D eigenvalue weighted by atomic mass is 10.1. The zero-order chi connectivity index (χ0) is 18.0. The van der Waals surface area contributed by atoms with Gasteiger partial charge >= 0.3 is 18.0 Å². The summed E-state index contributed by atoms with van der Waals surface area (Å²) in [6.45, 7) is 2.50. The van der Waals surface area contributed by atoms with Gasteiger partial charge in [-0.25, -0.2) is 0 Å². The second kappa shape index (κ2) is 9.95. The van der Waals surface area contributed by atoms with Gasteiger partial charge in [-0.05, 0) is 24.6 Å². The highest BCUT2D eigenvalue weighted by Crippen LogP contribution is 2.30. The van der Waals surface area contributed by atoms with Gasteiger partial charge in [0.15, 0.2) is 0 Å². The van der Waals surface area contributed by atoms with Crippen LogP contribution in [0.15, 0.2) is 24.3 Å². The molecule has 0 aliphatic carbocycles. The van der Waals surface area contributed by atoms with Crippen LogP contribution in [0.3, 0.4) is 0 Å². The summed E-state index contributed by atoms with van der Waals surface area (Å²) in [4.78, 5) is 23.3. The molecule has 0 aliphatic heterocycles. The summed E-state index contributed by atoms with van der Waals surface area (Å²) in [5.41, 5.74) is -0.947. The van der Waals surface area contributed by atoms with Crippen LogP contribution in [0.25, 0.3) is 0 Å². The first-order valence-electron chi connectivity index (χ1n) is 8.11. The number of rotatable bonds is 8. The maximum absolute atomic E-state index is 12.6. The van der Waals surface area contributed by atoms with E-state index in [0.717, 1.165) is 44.2 Å². The molecule has 1 rings (SSSR count). The van der Waals surface area contributed by atoms with Crippen LogP contribution >= 0.6 is 0 Å². The third-order valence-electron chi connectivity index (χ3n) is 3.47. The number of halogens is 3. The van der Waals surface area contributed by atoms with Crippen molar-refractivity contribution in [2.45, 2.75) is 51.6 Å². The highest BCUT2D eigenvalue weighted by molar-refractivity contribution is 6.39. The van der Waals surface area contributed by atoms with Crippen LogP contribution in [0.4, 0.5) is 18.9 Å². The molecule has 134 valence electrons. The van der Waals surface area contributed by atoms with E-state index in [1.54, 1.807) is 0 Å². The first-order valence-corrected chi connectivity index (χ1v) is 8.11. The number of hydrogen-bond acceptors (Lipinski definition) is 2. The standard InChI is InChI=1S/C17H23F3N2O2/c1-2-3-4-5-6-7-11-21-15(23)16(24)22-14-10-8-9-13(12-14)17(18,19)20/h8-10,12H,2-7,11H2,1H3,(H,21,23)(H,22,24). The largest absolute Gasteiger partial charge is 0.416 e. The van der Waals surface area contributed by atoms with Crippen molar-refractivity contribution in [2.75, 3.05) is 11.9 Å². The number of carbonyl (C=O) groups is 2. The Kier molecular flexibility index (Phi) is 8.29. The van der Waals surface area contributed by atoms with E-state index in [-0.39, 0.29) is 5.69 Å². The monoisotopic (exact) mass is 344 g/mol. The average molecular weight is 344 g/mol. The number of amides is 2. The van der Waals surface area contributed by atoms with Gasteiger partial charge in [0.1, 0.15) is 0 Å². The quantitative estimate of drug-likeness (QED) is 0.550. The molecule has 0 spiro atoms. The van der Waals surface area contributed by atoms with Crippen molar-refractivity contribution in [3.05, 3.63) is 29.8 Å². The van der Waals surface area contributed by atoms with E-state index in [2.05, 4.69) is 17.6 Å². The summed E-state index contributed by atoms with van der Waals surface area (Å²) in [5, 5.41) is 4.64. The Morgan fingerprint density at radius 3 is 2.33 bits per heavy atom. The molecular weight excluding hydrogens is 321 g/mol. The number of carbonyl (C=O) groups excluding carboxylic acids is 2. The summed E-state index contributed by atoms with van der Waals surface area (Å²) in [5.74, 6) is -1.82. The summed E-state index contributed by atoms with van der Waals surface area (Å²) in [6.07, 6.45) is 1.82. The summed E-state index contributed by atoms with van der Waals surface area (Å²) in [6, 6.07) is 4.16. The molecule has 0 unspecified atom stereocenters. The van der Waals surface area contributed by atoms with Gasteiger partial charge < -0.3 is 10.6 Å². The minimum atomic E-state index is -4.50. The highest BCUT2D eigenvalue weighted by atomic mass is 19.4. The van der Waals surface area contributed by atoms with Crippen molar-refractivity contribution in [3.8, 4) is 0 Å². The molecule has 4 nitrogen and oxygen atoms in total. The van der Waals surface area contributed by atoms with Crippen LogP contribution in [0.5, 0.6) is 0 Å². The zero-order valence-electron chi connectivity index (χ0n) is 13.7. The van der Waals surface area contributed by atoms with Gasteiger partial charge in [-0.2, -0.15) is 13.2 Å². The van der Waals surface area contributed by atoms with Crippen LogP contribution in [-0.4, -0.2) is 18.4 Å². The van der Waals surface area contributed by atoms with Crippen molar-refractivity contribution in [2.24, 2.45) is 0 Å². The Morgan fingerprint density at radius 1 is 1.00 bits per heavy atom. The zero-order valence-corrected chi connectivity index (χ0v) is 13.7. The topological polar surface area (TPSA) is 58.2 Å². The lowest BCUT2D eigenvalue weighted by molar-refractivity contribution is -0.137. The third-order valence-corrected chi connectivity index (χ3v) is 3.47. The van der Waals surface area contributed by atoms with Crippen molar-refractivity contribution in [1.82, 2.24) is 5.32 Å². The van der Waals surface area contributed by atoms with Crippen molar-refractivity contribution in [1.29, 1.82) is 0 Å². The predicted octanol–water partition coefficient (Wildman–Crippen LogP) is 4.12. The van der Waals surface area contributed by atoms with E-state index in [0.29, 0.717) is 6.54 Å². The second-order valence-electron chi connectivity index (χ2n) is 5.56. The van der Waals surface area contributed by atoms with E-state index in [1.165, 1.54) is 18.6 Å². The minimum absolute atomic E-state index is 0.0652. The Labute approximate surface area is 139 Å². The molecular formula is C17H23F3N2O2. The molecule has 0 atom stereocenters. The van der Waals surface area contributed by atoms with Gasteiger partial charge in [0.05, 0.1) is 5.56 Å². The molecule has 2 amide bonds. The second-order valence-corrected chi connectivity index (χ2v) is 5.56. The van der Waals surface area contributed by atoms with Crippen LogP contribution in [0.2, 0.25) is 0 Å². The Bertz CT molecular complexity index is 545. The Morgan fingerprint density at radius 2 is 1.67 bits per heavy atom. The van der Waals surface area contributed by atoms with Crippen LogP contribution < -0.4 is 10.6 Å². The minimum Gasteiger partial charge on any atom is -0.348 e. The predicted molar refractivity (Wildman–Crippen MR) is 86.5 cm³/mol.